The molecule has 24 heavy (non-hydrogen) atoms. The Hall–Kier alpha value is -2.34. The fourth-order valence-electron chi connectivity index (χ4n) is 2.20. The minimum Gasteiger partial charge on any atom is -0.494 e. The molecule has 2 aromatic rings. The monoisotopic (exact) mass is 346 g/mol. The largest absolute Gasteiger partial charge is 0.494 e. The van der Waals surface area contributed by atoms with Gasteiger partial charge in [0, 0.05) is 0 Å². The maximum atomic E-state index is 12.3. The van der Waals surface area contributed by atoms with E-state index in [1.165, 1.54) is 11.3 Å². The molecule has 5 nitrogen and oxygen atoms in total. The van der Waals surface area contributed by atoms with Crippen molar-refractivity contribution in [2.45, 2.75) is 32.9 Å². The molecule has 0 bridgehead atoms. The quantitative estimate of drug-likeness (QED) is 0.809. The van der Waals surface area contributed by atoms with Gasteiger partial charge in [0.1, 0.15) is 11.8 Å². The highest BCUT2D eigenvalue weighted by Gasteiger charge is 2.19. The van der Waals surface area contributed by atoms with Gasteiger partial charge in [-0.3, -0.25) is 9.59 Å². The van der Waals surface area contributed by atoms with Gasteiger partial charge in [-0.15, -0.1) is 11.3 Å². The van der Waals surface area contributed by atoms with Gasteiger partial charge in [-0.1, -0.05) is 18.2 Å². The van der Waals surface area contributed by atoms with Crippen molar-refractivity contribution in [2.75, 3.05) is 6.61 Å². The molecule has 0 aliphatic heterocycles. The number of hydrogen-bond acceptors (Lipinski definition) is 4. The zero-order chi connectivity index (χ0) is 17.5. The van der Waals surface area contributed by atoms with Crippen molar-refractivity contribution in [3.8, 4) is 5.75 Å². The smallest absolute Gasteiger partial charge is 0.261 e. The van der Waals surface area contributed by atoms with Gasteiger partial charge in [-0.25, -0.2) is 0 Å². The first-order chi connectivity index (χ1) is 11.5. The molecule has 6 heteroatoms. The number of rotatable bonds is 7. The van der Waals surface area contributed by atoms with Crippen LogP contribution >= 0.6 is 11.3 Å². The van der Waals surface area contributed by atoms with Crippen LogP contribution in [0.25, 0.3) is 0 Å². The van der Waals surface area contributed by atoms with E-state index in [9.17, 15) is 9.59 Å². The molecule has 0 saturated heterocycles. The van der Waals surface area contributed by atoms with E-state index >= 15 is 0 Å². The van der Waals surface area contributed by atoms with Gasteiger partial charge in [-0.05, 0) is 49.9 Å². The molecular weight excluding hydrogens is 324 g/mol. The minimum absolute atomic E-state index is 0.181. The summed E-state index contributed by atoms with van der Waals surface area (Å²) in [6.07, 6.45) is 0. The highest BCUT2D eigenvalue weighted by Crippen LogP contribution is 2.19. The lowest BCUT2D eigenvalue weighted by atomic mass is 10.1. The lowest BCUT2D eigenvalue weighted by Crippen LogP contribution is -2.45. The Morgan fingerprint density at radius 3 is 2.62 bits per heavy atom. The van der Waals surface area contributed by atoms with Gasteiger partial charge < -0.3 is 15.4 Å². The van der Waals surface area contributed by atoms with Gasteiger partial charge in [0.05, 0.1) is 17.5 Å². The number of carbonyl (C=O) groups is 2. The van der Waals surface area contributed by atoms with Crippen molar-refractivity contribution in [1.29, 1.82) is 0 Å². The lowest BCUT2D eigenvalue weighted by Gasteiger charge is -2.19. The van der Waals surface area contributed by atoms with Crippen LogP contribution in [0.15, 0.2) is 41.8 Å². The molecule has 0 saturated carbocycles. The molecule has 0 fully saturated rings. The Morgan fingerprint density at radius 1 is 1.17 bits per heavy atom. The van der Waals surface area contributed by atoms with Gasteiger partial charge in [0.2, 0.25) is 5.91 Å². The lowest BCUT2D eigenvalue weighted by molar-refractivity contribution is -0.123. The molecule has 0 spiro atoms. The first-order valence-corrected chi connectivity index (χ1v) is 8.76. The van der Waals surface area contributed by atoms with Crippen molar-refractivity contribution in [3.05, 3.63) is 52.2 Å². The van der Waals surface area contributed by atoms with Crippen LogP contribution < -0.4 is 15.4 Å². The van der Waals surface area contributed by atoms with Crippen LogP contribution in [0.3, 0.4) is 0 Å². The summed E-state index contributed by atoms with van der Waals surface area (Å²) in [6.45, 7) is 6.09. The molecule has 2 atom stereocenters. The standard InChI is InChI=1S/C18H22N2O3S/c1-4-23-15-8-5-7-14(11-15)12(2)19-17(21)13(3)20-18(22)16-9-6-10-24-16/h5-13H,4H2,1-3H3,(H,19,21)(H,20,22)/t12-,13-/m1/s1. The molecule has 0 unspecified atom stereocenters. The first-order valence-electron chi connectivity index (χ1n) is 7.88. The Bertz CT molecular complexity index is 685. The second-order valence-corrected chi connectivity index (χ2v) is 6.36. The van der Waals surface area contributed by atoms with Crippen LogP contribution in [-0.2, 0) is 4.79 Å². The number of thiophene rings is 1. The fourth-order valence-corrected chi connectivity index (χ4v) is 2.83. The molecule has 0 radical (unpaired) electrons. The molecule has 0 aliphatic rings. The number of ether oxygens (including phenoxy) is 1. The van der Waals surface area contributed by atoms with E-state index in [0.29, 0.717) is 11.5 Å². The molecule has 1 heterocycles. The van der Waals surface area contributed by atoms with E-state index < -0.39 is 6.04 Å². The average Bonchev–Trinajstić information content (AvgIpc) is 3.10. The van der Waals surface area contributed by atoms with Crippen LogP contribution in [0.1, 0.15) is 42.0 Å². The summed E-state index contributed by atoms with van der Waals surface area (Å²) in [6, 6.07) is 10.3. The Balaban J connectivity index is 1.93. The SMILES string of the molecule is CCOc1cccc([C@@H](C)NC(=O)[C@@H](C)NC(=O)c2cccs2)c1. The van der Waals surface area contributed by atoms with Gasteiger partial charge in [0.15, 0.2) is 0 Å². The molecule has 0 aliphatic carbocycles. The normalized spacial score (nSPS) is 13.0. The Kier molecular flexibility index (Phi) is 6.37. The molecule has 2 amide bonds. The maximum absolute atomic E-state index is 12.3. The minimum atomic E-state index is -0.614. The number of carbonyl (C=O) groups excluding carboxylic acids is 2. The van der Waals surface area contributed by atoms with Crippen molar-refractivity contribution in [2.24, 2.45) is 0 Å². The number of hydrogen-bond donors (Lipinski definition) is 2. The third-order valence-electron chi connectivity index (χ3n) is 3.51. The highest BCUT2D eigenvalue weighted by molar-refractivity contribution is 7.12. The third-order valence-corrected chi connectivity index (χ3v) is 4.38. The van der Waals surface area contributed by atoms with Crippen molar-refractivity contribution in [3.63, 3.8) is 0 Å². The fraction of sp³-hybridized carbons (Fsp3) is 0.333. The van der Waals surface area contributed by atoms with Crippen LogP contribution in [0.5, 0.6) is 5.75 Å². The van der Waals surface area contributed by atoms with E-state index in [0.717, 1.165) is 11.3 Å². The zero-order valence-corrected chi connectivity index (χ0v) is 14.9. The topological polar surface area (TPSA) is 67.4 Å². The zero-order valence-electron chi connectivity index (χ0n) is 14.0. The van der Waals surface area contributed by atoms with Crippen molar-refractivity contribution < 1.29 is 14.3 Å². The maximum Gasteiger partial charge on any atom is 0.261 e. The summed E-state index contributed by atoms with van der Waals surface area (Å²) >= 11 is 1.34. The van der Waals surface area contributed by atoms with Gasteiger partial charge >= 0.3 is 0 Å². The van der Waals surface area contributed by atoms with Crippen molar-refractivity contribution >= 4 is 23.2 Å². The summed E-state index contributed by atoms with van der Waals surface area (Å²) < 4.78 is 5.47. The van der Waals surface area contributed by atoms with Gasteiger partial charge in [-0.2, -0.15) is 0 Å². The second-order valence-electron chi connectivity index (χ2n) is 5.41. The van der Waals surface area contributed by atoms with Crippen LogP contribution in [0.4, 0.5) is 0 Å². The number of benzene rings is 1. The predicted molar refractivity (Wildman–Crippen MR) is 95.4 cm³/mol. The van der Waals surface area contributed by atoms with Crippen LogP contribution in [0, 0.1) is 0 Å². The summed E-state index contributed by atoms with van der Waals surface area (Å²) in [4.78, 5) is 24.9. The Labute approximate surface area is 146 Å². The number of amides is 2. The summed E-state index contributed by atoms with van der Waals surface area (Å²) in [5.41, 5.74) is 0.950. The summed E-state index contributed by atoms with van der Waals surface area (Å²) in [7, 11) is 0. The molecule has 1 aromatic carbocycles. The van der Waals surface area contributed by atoms with E-state index in [-0.39, 0.29) is 17.9 Å². The molecular formula is C18H22N2O3S. The van der Waals surface area contributed by atoms with E-state index in [1.54, 1.807) is 19.1 Å². The van der Waals surface area contributed by atoms with Gasteiger partial charge in [0.25, 0.3) is 5.91 Å². The molecule has 1 aromatic heterocycles. The molecule has 2 N–H and O–H groups in total. The molecule has 2 rings (SSSR count). The van der Waals surface area contributed by atoms with E-state index in [2.05, 4.69) is 10.6 Å². The summed E-state index contributed by atoms with van der Waals surface area (Å²) in [5, 5.41) is 7.44. The predicted octanol–water partition coefficient (Wildman–Crippen LogP) is 3.14. The van der Waals surface area contributed by atoms with E-state index in [1.807, 2.05) is 43.5 Å². The highest BCUT2D eigenvalue weighted by atomic mass is 32.1. The number of nitrogens with one attached hydrogen (secondary N) is 2. The van der Waals surface area contributed by atoms with Crippen molar-refractivity contribution in [1.82, 2.24) is 10.6 Å². The Morgan fingerprint density at radius 2 is 1.96 bits per heavy atom. The van der Waals surface area contributed by atoms with Crippen LogP contribution in [-0.4, -0.2) is 24.5 Å². The third kappa shape index (κ3) is 4.83. The van der Waals surface area contributed by atoms with Crippen LogP contribution in [0.2, 0.25) is 0 Å². The second kappa shape index (κ2) is 8.49. The molecule has 128 valence electrons. The average molecular weight is 346 g/mol. The summed E-state index contributed by atoms with van der Waals surface area (Å²) in [5.74, 6) is 0.308. The van der Waals surface area contributed by atoms with E-state index in [4.69, 9.17) is 4.74 Å². The first kappa shape index (κ1) is 18.0.